The van der Waals surface area contributed by atoms with E-state index in [0.717, 1.165) is 69.1 Å². The Kier molecular flexibility index (Phi) is 5.93. The largest absolute Gasteiger partial charge is 0.341 e. The molecule has 0 spiro atoms. The van der Waals surface area contributed by atoms with Gasteiger partial charge in [0.05, 0.1) is 54.3 Å². The molecule has 0 N–H and O–H groups in total. The van der Waals surface area contributed by atoms with E-state index in [1.165, 1.54) is 21.9 Å². The van der Waals surface area contributed by atoms with Crippen LogP contribution in [0.2, 0.25) is 0 Å². The van der Waals surface area contributed by atoms with Gasteiger partial charge in [-0.15, -0.1) is 45.3 Å². The van der Waals surface area contributed by atoms with Crippen LogP contribution in [0.4, 0.5) is 0 Å². The first-order chi connectivity index (χ1) is 20.6. The molecule has 0 saturated carbocycles. The van der Waals surface area contributed by atoms with Crippen molar-refractivity contribution in [1.29, 1.82) is 10.5 Å². The van der Waals surface area contributed by atoms with Gasteiger partial charge in [-0.05, 0) is 54.1 Å². The summed E-state index contributed by atoms with van der Waals surface area (Å²) in [5, 5.41) is 25.9. The minimum absolute atomic E-state index is 0.673. The molecule has 0 fully saturated rings. The van der Waals surface area contributed by atoms with Gasteiger partial charge < -0.3 is 9.13 Å². The second-order valence-corrected chi connectivity index (χ2v) is 14.3. The molecule has 0 unspecified atom stereocenters. The second kappa shape index (κ2) is 9.73. The zero-order valence-electron chi connectivity index (χ0n) is 22.2. The fourth-order valence-corrected chi connectivity index (χ4v) is 10.1. The van der Waals surface area contributed by atoms with Gasteiger partial charge in [0.1, 0.15) is 23.2 Å². The minimum atomic E-state index is 0.673. The summed E-state index contributed by atoms with van der Waals surface area (Å²) >= 11 is 7.81. The monoisotopic (exact) mass is 634 g/mol. The van der Waals surface area contributed by atoms with Crippen molar-refractivity contribution in [3.05, 3.63) is 66.7 Å². The molecule has 8 rings (SSSR count). The van der Waals surface area contributed by atoms with Crippen molar-refractivity contribution >= 4 is 134 Å². The molecule has 0 atom stereocenters. The topological polar surface area (TPSA) is 83.2 Å². The maximum Gasteiger partial charge on any atom is 0.116 e. The van der Waals surface area contributed by atoms with Gasteiger partial charge in [-0.25, -0.2) is 0 Å². The Hall–Kier alpha value is -4.10. The normalized spacial score (nSPS) is 12.9. The van der Waals surface area contributed by atoms with E-state index < -0.39 is 0 Å². The SMILES string of the molecule is CCn1c2cc(C=C(C#N)c3cccs3)sc2c2c3nsnc3c3c4sc(C=C(C#N)c5cccs5)cc4n(C)c3c21. The van der Waals surface area contributed by atoms with E-state index in [1.54, 1.807) is 45.3 Å². The molecular weight excluding hydrogens is 617 g/mol. The Morgan fingerprint density at radius 2 is 1.38 bits per heavy atom. The standard InChI is InChI=1S/C31H18N6S5/c1-3-37-21-13-19(11-17(15-33)23-7-5-9-39-23)41-31(21)25-27-26(34-42-35-27)24-28(29(25)37)36(2)20-12-18(40-30(20)24)10-16(14-32)22-6-4-8-38-22/h4-13H,3H2,1-2H3. The number of thiophene rings is 4. The molecule has 42 heavy (non-hydrogen) atoms. The van der Waals surface area contributed by atoms with Crippen LogP contribution in [0.15, 0.2) is 47.2 Å². The van der Waals surface area contributed by atoms with Gasteiger partial charge in [-0.3, -0.25) is 0 Å². The fourth-order valence-electron chi connectivity index (χ4n) is 5.78. The summed E-state index contributed by atoms with van der Waals surface area (Å²) in [6, 6.07) is 17.1. The average molecular weight is 635 g/mol. The summed E-state index contributed by atoms with van der Waals surface area (Å²) in [7, 11) is 2.12. The van der Waals surface area contributed by atoms with E-state index in [4.69, 9.17) is 8.75 Å². The van der Waals surface area contributed by atoms with E-state index in [-0.39, 0.29) is 0 Å². The van der Waals surface area contributed by atoms with E-state index in [9.17, 15) is 10.5 Å². The molecule has 0 aliphatic carbocycles. The van der Waals surface area contributed by atoms with Gasteiger partial charge in [0.15, 0.2) is 0 Å². The maximum absolute atomic E-state index is 9.85. The number of aromatic nitrogens is 4. The average Bonchev–Trinajstić information content (AvgIpc) is 3.83. The summed E-state index contributed by atoms with van der Waals surface area (Å²) < 4.78 is 16.7. The summed E-state index contributed by atoms with van der Waals surface area (Å²) in [4.78, 5) is 4.04. The predicted octanol–water partition coefficient (Wildman–Crippen LogP) is 9.84. The lowest BCUT2D eigenvalue weighted by Crippen LogP contribution is -1.96. The zero-order valence-corrected chi connectivity index (χ0v) is 26.3. The minimum Gasteiger partial charge on any atom is -0.341 e. The lowest BCUT2D eigenvalue weighted by molar-refractivity contribution is 0.827. The molecule has 8 aromatic rings. The molecule has 0 bridgehead atoms. The molecule has 202 valence electrons. The highest BCUT2D eigenvalue weighted by atomic mass is 32.1. The van der Waals surface area contributed by atoms with Crippen molar-refractivity contribution in [3.63, 3.8) is 0 Å². The Bertz CT molecular complexity index is 2470. The van der Waals surface area contributed by atoms with Crippen molar-refractivity contribution in [2.75, 3.05) is 0 Å². The Morgan fingerprint density at radius 3 is 1.90 bits per heavy atom. The van der Waals surface area contributed by atoms with Crippen molar-refractivity contribution < 1.29 is 0 Å². The Morgan fingerprint density at radius 1 is 0.833 bits per heavy atom. The van der Waals surface area contributed by atoms with Crippen LogP contribution in [0.5, 0.6) is 0 Å². The highest BCUT2D eigenvalue weighted by molar-refractivity contribution is 7.22. The number of benzene rings is 1. The number of hydrogen-bond donors (Lipinski definition) is 0. The molecule has 7 aromatic heterocycles. The molecule has 0 saturated heterocycles. The summed E-state index contributed by atoms with van der Waals surface area (Å²) in [5.41, 5.74) is 7.78. The zero-order chi connectivity index (χ0) is 28.5. The summed E-state index contributed by atoms with van der Waals surface area (Å²) in [5.74, 6) is 0. The highest BCUT2D eigenvalue weighted by Crippen LogP contribution is 2.48. The van der Waals surface area contributed by atoms with Crippen LogP contribution in [-0.4, -0.2) is 17.9 Å². The van der Waals surface area contributed by atoms with Gasteiger partial charge in [-0.1, -0.05) is 12.1 Å². The summed E-state index contributed by atoms with van der Waals surface area (Å²) in [6.45, 7) is 2.98. The number of allylic oxidation sites excluding steroid dienone is 2. The smallest absolute Gasteiger partial charge is 0.116 e. The van der Waals surface area contributed by atoms with E-state index in [2.05, 4.69) is 47.4 Å². The van der Waals surface area contributed by atoms with Crippen molar-refractivity contribution in [2.24, 2.45) is 7.05 Å². The number of aryl methyl sites for hydroxylation is 2. The second-order valence-electron chi connectivity index (χ2n) is 9.73. The number of nitrogens with zero attached hydrogens (tertiary/aromatic N) is 6. The van der Waals surface area contributed by atoms with Crippen LogP contribution < -0.4 is 0 Å². The first-order valence-electron chi connectivity index (χ1n) is 13.0. The number of rotatable bonds is 5. The van der Waals surface area contributed by atoms with Gasteiger partial charge in [0.25, 0.3) is 0 Å². The van der Waals surface area contributed by atoms with Crippen LogP contribution in [-0.2, 0) is 13.6 Å². The van der Waals surface area contributed by atoms with Gasteiger partial charge in [-0.2, -0.15) is 19.3 Å². The van der Waals surface area contributed by atoms with Crippen LogP contribution in [0.3, 0.4) is 0 Å². The Balaban J connectivity index is 1.41. The van der Waals surface area contributed by atoms with Crippen LogP contribution in [0.1, 0.15) is 26.4 Å². The molecule has 11 heteroatoms. The van der Waals surface area contributed by atoms with Crippen LogP contribution in [0.25, 0.3) is 76.6 Å². The first-order valence-corrected chi connectivity index (χ1v) is 17.2. The molecular formula is C31H18N6S5. The third-order valence-electron chi connectivity index (χ3n) is 7.54. The van der Waals surface area contributed by atoms with Crippen LogP contribution >= 0.6 is 57.1 Å². The summed E-state index contributed by atoms with van der Waals surface area (Å²) in [6.07, 6.45) is 3.99. The van der Waals surface area contributed by atoms with Gasteiger partial charge in [0.2, 0.25) is 0 Å². The van der Waals surface area contributed by atoms with Gasteiger partial charge >= 0.3 is 0 Å². The first kappa shape index (κ1) is 25.6. The highest BCUT2D eigenvalue weighted by Gasteiger charge is 2.26. The van der Waals surface area contributed by atoms with Crippen LogP contribution in [0, 0.1) is 22.7 Å². The van der Waals surface area contributed by atoms with E-state index in [1.807, 2.05) is 47.2 Å². The number of nitriles is 2. The fraction of sp³-hybridized carbons (Fsp3) is 0.0968. The number of hydrogen-bond acceptors (Lipinski definition) is 9. The molecule has 0 aliphatic heterocycles. The van der Waals surface area contributed by atoms with Crippen molar-refractivity contribution in [2.45, 2.75) is 13.5 Å². The third-order valence-corrected chi connectivity index (χ3v) is 12.1. The molecule has 6 nitrogen and oxygen atoms in total. The van der Waals surface area contributed by atoms with Crippen molar-refractivity contribution in [1.82, 2.24) is 17.9 Å². The third kappa shape index (κ3) is 3.62. The lowest BCUT2D eigenvalue weighted by Gasteiger charge is -2.07. The lowest BCUT2D eigenvalue weighted by atomic mass is 10.1. The number of fused-ring (bicyclic) bond motifs is 10. The molecule has 0 radical (unpaired) electrons. The maximum atomic E-state index is 9.85. The molecule has 7 heterocycles. The van der Waals surface area contributed by atoms with E-state index >= 15 is 0 Å². The molecule has 0 aliphatic rings. The molecule has 0 amide bonds. The Labute approximate surface area is 259 Å². The molecule has 1 aromatic carbocycles. The van der Waals surface area contributed by atoms with E-state index in [0.29, 0.717) is 11.1 Å². The van der Waals surface area contributed by atoms with Crippen molar-refractivity contribution in [3.8, 4) is 12.1 Å². The quantitative estimate of drug-likeness (QED) is 0.176. The van der Waals surface area contributed by atoms with Gasteiger partial charge in [0, 0.05) is 43.9 Å². The predicted molar refractivity (Wildman–Crippen MR) is 181 cm³/mol.